The van der Waals surface area contributed by atoms with E-state index in [0.717, 1.165) is 0 Å². The Morgan fingerprint density at radius 1 is 0.938 bits per heavy atom. The minimum Gasteiger partial charge on any atom is -0.449 e. The highest BCUT2D eigenvalue weighted by molar-refractivity contribution is 5.64. The molecule has 0 atom stereocenters. The van der Waals surface area contributed by atoms with Crippen molar-refractivity contribution in [3.05, 3.63) is 11.4 Å². The van der Waals surface area contributed by atoms with Crippen molar-refractivity contribution in [2.45, 2.75) is 13.8 Å². The van der Waals surface area contributed by atoms with Gasteiger partial charge in [0.1, 0.15) is 0 Å². The molecular weight excluding hydrogens is 220 g/mol. The lowest BCUT2D eigenvalue weighted by Crippen LogP contribution is -2.12. The number of aromatic nitrogens is 2. The minimum atomic E-state index is -1.63. The van der Waals surface area contributed by atoms with Crippen molar-refractivity contribution in [2.24, 2.45) is 0 Å². The Labute approximate surface area is 89.5 Å². The van der Waals surface area contributed by atoms with Crippen molar-refractivity contribution in [1.29, 1.82) is 0 Å². The fourth-order valence-electron chi connectivity index (χ4n) is 0.860. The lowest BCUT2D eigenvalue weighted by atomic mass is 10.3. The van der Waals surface area contributed by atoms with Crippen LogP contribution in [0.2, 0.25) is 0 Å². The molecule has 0 saturated carbocycles. The highest BCUT2D eigenvalue weighted by Gasteiger charge is 2.17. The van der Waals surface area contributed by atoms with E-state index in [1.807, 2.05) is 0 Å². The molecule has 0 fully saturated rings. The molecule has 0 spiro atoms. The van der Waals surface area contributed by atoms with E-state index < -0.39 is 24.1 Å². The molecule has 1 aromatic rings. The van der Waals surface area contributed by atoms with Gasteiger partial charge in [0.15, 0.2) is 0 Å². The summed E-state index contributed by atoms with van der Waals surface area (Å²) >= 11 is 0. The van der Waals surface area contributed by atoms with Crippen molar-refractivity contribution >= 4 is 12.3 Å². The highest BCUT2D eigenvalue weighted by atomic mass is 16.7. The van der Waals surface area contributed by atoms with E-state index in [0.29, 0.717) is 11.4 Å². The number of rotatable bonds is 2. The van der Waals surface area contributed by atoms with Crippen LogP contribution >= 0.6 is 0 Å². The Bertz CT molecular complexity index is 403. The summed E-state index contributed by atoms with van der Waals surface area (Å²) < 4.78 is 8.47. The van der Waals surface area contributed by atoms with E-state index in [-0.39, 0.29) is 0 Å². The lowest BCUT2D eigenvalue weighted by Gasteiger charge is -2.07. The van der Waals surface area contributed by atoms with Gasteiger partial charge in [-0.1, -0.05) is 0 Å². The predicted molar refractivity (Wildman–Crippen MR) is 48.8 cm³/mol. The minimum absolute atomic E-state index is 0.411. The molecule has 1 aromatic heterocycles. The molecule has 86 valence electrons. The number of carbonyl (C=O) groups is 2. The van der Waals surface area contributed by atoms with Crippen LogP contribution in [-0.4, -0.2) is 32.5 Å². The van der Waals surface area contributed by atoms with Crippen LogP contribution in [-0.2, 0) is 0 Å². The van der Waals surface area contributed by atoms with Gasteiger partial charge in [-0.25, -0.2) is 19.6 Å². The average molecular weight is 228 g/mol. The van der Waals surface area contributed by atoms with Gasteiger partial charge in [-0.05, 0) is 13.8 Å². The number of ether oxygens (including phenoxy) is 2. The number of hydrogen-bond donors (Lipinski definition) is 2. The van der Waals surface area contributed by atoms with Gasteiger partial charge in [0.25, 0.3) is 11.8 Å². The molecule has 0 aromatic carbocycles. The van der Waals surface area contributed by atoms with Gasteiger partial charge in [-0.3, -0.25) is 0 Å². The molecule has 8 heteroatoms. The van der Waals surface area contributed by atoms with Crippen LogP contribution < -0.4 is 9.47 Å². The van der Waals surface area contributed by atoms with E-state index in [4.69, 9.17) is 10.2 Å². The largest absolute Gasteiger partial charge is 0.512 e. The maximum Gasteiger partial charge on any atom is 0.512 e. The maximum absolute atomic E-state index is 10.3. The summed E-state index contributed by atoms with van der Waals surface area (Å²) in [7, 11) is 0. The summed E-state index contributed by atoms with van der Waals surface area (Å²) in [6.45, 7) is 3.14. The van der Waals surface area contributed by atoms with Crippen LogP contribution in [0.4, 0.5) is 9.59 Å². The zero-order valence-corrected chi connectivity index (χ0v) is 8.42. The Morgan fingerprint density at radius 2 is 1.25 bits per heavy atom. The molecule has 16 heavy (non-hydrogen) atoms. The van der Waals surface area contributed by atoms with Gasteiger partial charge in [-0.15, -0.1) is 0 Å². The first kappa shape index (κ1) is 11.7. The Hall–Kier alpha value is -2.38. The third-order valence-corrected chi connectivity index (χ3v) is 1.61. The molecule has 2 N–H and O–H groups in total. The number of hydrogen-bond acceptors (Lipinski definition) is 6. The summed E-state index contributed by atoms with van der Waals surface area (Å²) in [5, 5.41) is 16.8. The molecule has 0 amide bonds. The summed E-state index contributed by atoms with van der Waals surface area (Å²) in [6.07, 6.45) is -3.26. The first-order valence-electron chi connectivity index (χ1n) is 4.07. The SMILES string of the molecule is Cc1nc(OC(=O)O)c(OC(=O)O)nc1C. The van der Waals surface area contributed by atoms with Crippen LogP contribution in [0.1, 0.15) is 11.4 Å². The second-order valence-electron chi connectivity index (χ2n) is 2.74. The Kier molecular flexibility index (Phi) is 3.24. The second kappa shape index (κ2) is 4.43. The van der Waals surface area contributed by atoms with E-state index in [1.165, 1.54) is 0 Å². The smallest absolute Gasteiger partial charge is 0.449 e. The molecule has 8 nitrogen and oxygen atoms in total. The molecule has 1 rings (SSSR count). The molecular formula is C8H8N2O6. The first-order chi connectivity index (χ1) is 7.40. The van der Waals surface area contributed by atoms with Gasteiger partial charge < -0.3 is 19.7 Å². The van der Waals surface area contributed by atoms with Gasteiger partial charge in [-0.2, -0.15) is 0 Å². The summed E-state index contributed by atoms with van der Waals surface area (Å²) in [6, 6.07) is 0. The summed E-state index contributed by atoms with van der Waals surface area (Å²) in [5.74, 6) is -1.00. The molecule has 0 aliphatic rings. The van der Waals surface area contributed by atoms with Crippen molar-refractivity contribution in [2.75, 3.05) is 0 Å². The average Bonchev–Trinajstić information content (AvgIpc) is 2.11. The zero-order valence-electron chi connectivity index (χ0n) is 8.42. The number of nitrogens with zero attached hydrogens (tertiary/aromatic N) is 2. The molecule has 0 radical (unpaired) electrons. The van der Waals surface area contributed by atoms with E-state index in [9.17, 15) is 9.59 Å². The van der Waals surface area contributed by atoms with E-state index in [1.54, 1.807) is 13.8 Å². The lowest BCUT2D eigenvalue weighted by molar-refractivity contribution is 0.129. The van der Waals surface area contributed by atoms with Crippen molar-refractivity contribution in [3.8, 4) is 11.8 Å². The monoisotopic (exact) mass is 228 g/mol. The van der Waals surface area contributed by atoms with Crippen LogP contribution in [0, 0.1) is 13.8 Å². The third kappa shape index (κ3) is 2.80. The summed E-state index contributed by atoms with van der Waals surface area (Å²) in [5.41, 5.74) is 0.822. The van der Waals surface area contributed by atoms with Crippen LogP contribution in [0.3, 0.4) is 0 Å². The first-order valence-corrected chi connectivity index (χ1v) is 4.07. The van der Waals surface area contributed by atoms with Crippen molar-refractivity contribution in [1.82, 2.24) is 9.97 Å². The Morgan fingerprint density at radius 3 is 1.50 bits per heavy atom. The molecule has 0 saturated heterocycles. The van der Waals surface area contributed by atoms with Gasteiger partial charge in [0.2, 0.25) is 0 Å². The highest BCUT2D eigenvalue weighted by Crippen LogP contribution is 2.23. The normalized spacial score (nSPS) is 9.62. The molecule has 0 aliphatic heterocycles. The van der Waals surface area contributed by atoms with Crippen LogP contribution in [0.5, 0.6) is 11.8 Å². The summed E-state index contributed by atoms with van der Waals surface area (Å²) in [4.78, 5) is 28.0. The van der Waals surface area contributed by atoms with E-state index in [2.05, 4.69) is 19.4 Å². The van der Waals surface area contributed by atoms with Crippen LogP contribution in [0.25, 0.3) is 0 Å². The quantitative estimate of drug-likeness (QED) is 0.724. The molecule has 1 heterocycles. The molecule has 0 bridgehead atoms. The second-order valence-corrected chi connectivity index (χ2v) is 2.74. The fraction of sp³-hybridized carbons (Fsp3) is 0.250. The van der Waals surface area contributed by atoms with Gasteiger partial charge in [0, 0.05) is 0 Å². The van der Waals surface area contributed by atoms with Crippen LogP contribution in [0.15, 0.2) is 0 Å². The van der Waals surface area contributed by atoms with Gasteiger partial charge >= 0.3 is 12.3 Å². The van der Waals surface area contributed by atoms with E-state index >= 15 is 0 Å². The maximum atomic E-state index is 10.3. The standard InChI is InChI=1S/C8H8N2O6/c1-3-4(2)10-6(16-8(13)14)5(9-3)15-7(11)12/h1-2H3,(H,11,12)(H,13,14). The van der Waals surface area contributed by atoms with Gasteiger partial charge in [0.05, 0.1) is 11.4 Å². The topological polar surface area (TPSA) is 119 Å². The van der Waals surface area contributed by atoms with Crippen molar-refractivity contribution < 1.29 is 29.3 Å². The fourth-order valence-corrected chi connectivity index (χ4v) is 0.860. The third-order valence-electron chi connectivity index (χ3n) is 1.61. The predicted octanol–water partition coefficient (Wildman–Crippen LogP) is 1.21. The number of aryl methyl sites for hydroxylation is 2. The molecule has 0 unspecified atom stereocenters. The zero-order chi connectivity index (χ0) is 12.3. The number of carboxylic acid groups (broad SMARTS) is 2. The molecule has 0 aliphatic carbocycles. The van der Waals surface area contributed by atoms with Crippen molar-refractivity contribution in [3.63, 3.8) is 0 Å². The Balaban J connectivity index is 3.15.